The largest absolute Gasteiger partial charge is 0.497 e. The van der Waals surface area contributed by atoms with E-state index < -0.39 is 0 Å². The molecule has 1 aliphatic rings. The number of carbonyl (C=O) groups excluding carboxylic acids is 1. The molecule has 7 heteroatoms. The number of hydrogen-bond acceptors (Lipinski definition) is 4. The van der Waals surface area contributed by atoms with Crippen LogP contribution >= 0.6 is 0 Å². The van der Waals surface area contributed by atoms with Gasteiger partial charge in [0.15, 0.2) is 0 Å². The molecule has 1 aliphatic heterocycles. The van der Waals surface area contributed by atoms with Gasteiger partial charge in [-0.3, -0.25) is 4.79 Å². The van der Waals surface area contributed by atoms with Crippen molar-refractivity contribution in [3.8, 4) is 17.0 Å². The fourth-order valence-corrected chi connectivity index (χ4v) is 4.57. The van der Waals surface area contributed by atoms with Crippen LogP contribution in [0.4, 0.5) is 0 Å². The Bertz CT molecular complexity index is 1070. The molecule has 3 aromatic rings. The Hall–Kier alpha value is -3.09. The predicted molar refractivity (Wildman–Crippen MR) is 125 cm³/mol. The number of carbonyl (C=O) groups is 1. The fraction of sp³-hybridized carbons (Fsp3) is 0.480. The van der Waals surface area contributed by atoms with Gasteiger partial charge in [-0.05, 0) is 75.4 Å². The zero-order valence-corrected chi connectivity index (χ0v) is 19.7. The number of methoxy groups -OCH3 is 1. The van der Waals surface area contributed by atoms with E-state index in [1.165, 1.54) is 0 Å². The smallest absolute Gasteiger partial charge is 0.255 e. The van der Waals surface area contributed by atoms with Gasteiger partial charge in [0.25, 0.3) is 5.91 Å². The third-order valence-corrected chi connectivity index (χ3v) is 6.73. The Morgan fingerprint density at radius 2 is 1.88 bits per heavy atom. The highest BCUT2D eigenvalue weighted by atomic mass is 16.5. The molecule has 0 radical (unpaired) electrons. The van der Waals surface area contributed by atoms with Crippen molar-refractivity contribution in [2.45, 2.75) is 46.1 Å². The number of benzene rings is 1. The third-order valence-electron chi connectivity index (χ3n) is 6.73. The first kappa shape index (κ1) is 22.1. The molecule has 7 nitrogen and oxygen atoms in total. The quantitative estimate of drug-likeness (QED) is 0.580. The Labute approximate surface area is 190 Å². The van der Waals surface area contributed by atoms with Gasteiger partial charge in [0, 0.05) is 44.0 Å². The molecule has 2 aromatic heterocycles. The summed E-state index contributed by atoms with van der Waals surface area (Å²) in [6.07, 6.45) is 4.73. The van der Waals surface area contributed by atoms with Crippen LogP contribution in [0, 0.1) is 12.8 Å². The maximum absolute atomic E-state index is 13.4. The standard InChI is InChI=1S/C25H33N5O2/c1-17(2)30-16-26-27-24(30)14-19-10-12-29(13-11-19)25(31)22-15-23(28(4)18(22)3)20-6-8-21(32-5)9-7-20/h6-9,15-17,19H,10-14H2,1-5H3. The van der Waals surface area contributed by atoms with E-state index in [9.17, 15) is 4.79 Å². The molecule has 0 unspecified atom stereocenters. The first-order valence-electron chi connectivity index (χ1n) is 11.4. The number of aromatic nitrogens is 4. The number of piperidine rings is 1. The second-order valence-corrected chi connectivity index (χ2v) is 9.00. The maximum Gasteiger partial charge on any atom is 0.255 e. The van der Waals surface area contributed by atoms with Gasteiger partial charge in [-0.2, -0.15) is 0 Å². The normalized spacial score (nSPS) is 14.9. The van der Waals surface area contributed by atoms with Crippen LogP contribution in [0.15, 0.2) is 36.7 Å². The lowest BCUT2D eigenvalue weighted by Crippen LogP contribution is -2.39. The summed E-state index contributed by atoms with van der Waals surface area (Å²) in [7, 11) is 3.68. The Morgan fingerprint density at radius 3 is 2.50 bits per heavy atom. The molecule has 0 atom stereocenters. The van der Waals surface area contributed by atoms with E-state index in [4.69, 9.17) is 4.74 Å². The highest BCUT2D eigenvalue weighted by molar-refractivity contribution is 5.97. The lowest BCUT2D eigenvalue weighted by Gasteiger charge is -2.32. The maximum atomic E-state index is 13.4. The lowest BCUT2D eigenvalue weighted by molar-refractivity contribution is 0.0688. The van der Waals surface area contributed by atoms with Crippen LogP contribution in [-0.2, 0) is 13.5 Å². The first-order chi connectivity index (χ1) is 15.4. The summed E-state index contributed by atoms with van der Waals surface area (Å²) < 4.78 is 9.51. The number of nitrogens with zero attached hydrogens (tertiary/aromatic N) is 5. The number of amides is 1. The van der Waals surface area contributed by atoms with E-state index in [0.29, 0.717) is 12.0 Å². The average molecular weight is 436 g/mol. The van der Waals surface area contributed by atoms with Crippen LogP contribution in [0.1, 0.15) is 54.6 Å². The highest BCUT2D eigenvalue weighted by Crippen LogP contribution is 2.29. The number of likely N-dealkylation sites (tertiary alicyclic amines) is 1. The topological polar surface area (TPSA) is 65.2 Å². The molecule has 0 bridgehead atoms. The SMILES string of the molecule is COc1ccc(-c2cc(C(=O)N3CCC(Cc4nncn4C(C)C)CC3)c(C)n2C)cc1. The predicted octanol–water partition coefficient (Wildman–Crippen LogP) is 4.28. The van der Waals surface area contributed by atoms with Gasteiger partial charge in [0.1, 0.15) is 17.9 Å². The molecular weight excluding hydrogens is 402 g/mol. The molecular formula is C25H33N5O2. The molecule has 1 amide bonds. The van der Waals surface area contributed by atoms with Gasteiger partial charge in [-0.25, -0.2) is 0 Å². The van der Waals surface area contributed by atoms with Crippen LogP contribution < -0.4 is 4.74 Å². The molecule has 0 spiro atoms. The summed E-state index contributed by atoms with van der Waals surface area (Å²) in [5.41, 5.74) is 3.89. The molecule has 32 heavy (non-hydrogen) atoms. The number of rotatable bonds is 6. The monoisotopic (exact) mass is 435 g/mol. The van der Waals surface area contributed by atoms with Crippen LogP contribution in [-0.4, -0.2) is 50.3 Å². The molecule has 3 heterocycles. The minimum Gasteiger partial charge on any atom is -0.497 e. The molecule has 0 aliphatic carbocycles. The number of ether oxygens (including phenoxy) is 1. The van der Waals surface area contributed by atoms with E-state index in [2.05, 4.69) is 33.2 Å². The van der Waals surface area contributed by atoms with E-state index in [0.717, 1.165) is 66.4 Å². The van der Waals surface area contributed by atoms with Crippen molar-refractivity contribution in [1.82, 2.24) is 24.2 Å². The summed E-state index contributed by atoms with van der Waals surface area (Å²) in [6.45, 7) is 7.88. The van der Waals surface area contributed by atoms with E-state index in [-0.39, 0.29) is 5.91 Å². The summed E-state index contributed by atoms with van der Waals surface area (Å²) in [4.78, 5) is 15.4. The number of hydrogen-bond donors (Lipinski definition) is 0. The highest BCUT2D eigenvalue weighted by Gasteiger charge is 2.27. The van der Waals surface area contributed by atoms with E-state index >= 15 is 0 Å². The first-order valence-corrected chi connectivity index (χ1v) is 11.4. The van der Waals surface area contributed by atoms with E-state index in [1.807, 2.05) is 55.5 Å². The zero-order valence-electron chi connectivity index (χ0n) is 19.7. The van der Waals surface area contributed by atoms with Gasteiger partial charge in [-0.1, -0.05) is 0 Å². The summed E-state index contributed by atoms with van der Waals surface area (Å²) in [5.74, 6) is 2.53. The molecule has 1 fully saturated rings. The molecule has 1 aromatic carbocycles. The van der Waals surface area contributed by atoms with Gasteiger partial charge < -0.3 is 18.8 Å². The zero-order chi connectivity index (χ0) is 22.8. The van der Waals surface area contributed by atoms with Crippen LogP contribution in [0.2, 0.25) is 0 Å². The molecule has 0 saturated carbocycles. The molecule has 0 N–H and O–H groups in total. The van der Waals surface area contributed by atoms with Crippen molar-refractivity contribution in [2.24, 2.45) is 13.0 Å². The van der Waals surface area contributed by atoms with Crippen LogP contribution in [0.3, 0.4) is 0 Å². The minimum atomic E-state index is 0.127. The van der Waals surface area contributed by atoms with Crippen molar-refractivity contribution in [3.63, 3.8) is 0 Å². The second kappa shape index (κ2) is 9.18. The van der Waals surface area contributed by atoms with Crippen molar-refractivity contribution < 1.29 is 9.53 Å². The Morgan fingerprint density at radius 1 is 1.19 bits per heavy atom. The Balaban J connectivity index is 1.43. The summed E-state index contributed by atoms with van der Waals surface area (Å²) in [5, 5.41) is 8.40. The van der Waals surface area contributed by atoms with E-state index in [1.54, 1.807) is 7.11 Å². The summed E-state index contributed by atoms with van der Waals surface area (Å²) in [6, 6.07) is 10.3. The van der Waals surface area contributed by atoms with Crippen molar-refractivity contribution >= 4 is 5.91 Å². The summed E-state index contributed by atoms with van der Waals surface area (Å²) >= 11 is 0. The van der Waals surface area contributed by atoms with Crippen molar-refractivity contribution in [3.05, 3.63) is 53.7 Å². The van der Waals surface area contributed by atoms with Gasteiger partial charge >= 0.3 is 0 Å². The second-order valence-electron chi connectivity index (χ2n) is 9.00. The van der Waals surface area contributed by atoms with Gasteiger partial charge in [0.05, 0.1) is 12.7 Å². The van der Waals surface area contributed by atoms with Crippen molar-refractivity contribution in [1.29, 1.82) is 0 Å². The fourth-order valence-electron chi connectivity index (χ4n) is 4.57. The lowest BCUT2D eigenvalue weighted by atomic mass is 9.92. The molecule has 1 saturated heterocycles. The Kier molecular flexibility index (Phi) is 6.35. The van der Waals surface area contributed by atoms with Crippen LogP contribution in [0.5, 0.6) is 5.75 Å². The third kappa shape index (κ3) is 4.29. The van der Waals surface area contributed by atoms with Crippen LogP contribution in [0.25, 0.3) is 11.3 Å². The molecule has 170 valence electrons. The molecule has 4 rings (SSSR count). The van der Waals surface area contributed by atoms with Gasteiger partial charge in [-0.15, -0.1) is 10.2 Å². The minimum absolute atomic E-state index is 0.127. The van der Waals surface area contributed by atoms with Gasteiger partial charge in [0.2, 0.25) is 0 Å². The average Bonchev–Trinajstić information content (AvgIpc) is 3.39. The van der Waals surface area contributed by atoms with Crippen molar-refractivity contribution in [2.75, 3.05) is 20.2 Å².